The number of piperazine rings is 1. The van der Waals surface area contributed by atoms with Gasteiger partial charge < -0.3 is 0 Å². The molecule has 0 amide bonds. The summed E-state index contributed by atoms with van der Waals surface area (Å²) in [6, 6.07) is 11.9. The van der Waals surface area contributed by atoms with Gasteiger partial charge in [-0.1, -0.05) is 29.3 Å². The minimum atomic E-state index is -3.71. The van der Waals surface area contributed by atoms with Crippen LogP contribution in [0.5, 0.6) is 0 Å². The summed E-state index contributed by atoms with van der Waals surface area (Å²) in [4.78, 5) is 0.229. The van der Waals surface area contributed by atoms with Crippen molar-refractivity contribution in [2.75, 3.05) is 26.2 Å². The van der Waals surface area contributed by atoms with Crippen molar-refractivity contribution in [3.05, 3.63) is 58.6 Å². The third-order valence-electron chi connectivity index (χ3n) is 4.08. The number of rotatable bonds is 4. The second kappa shape index (κ2) is 7.46. The monoisotopic (exact) mass is 434 g/mol. The zero-order chi connectivity index (χ0) is 18.9. The normalized spacial score (nSPS) is 17.3. The Bertz CT molecular complexity index is 1000. The molecule has 26 heavy (non-hydrogen) atoms. The van der Waals surface area contributed by atoms with Gasteiger partial charge in [0.15, 0.2) is 0 Å². The number of hydrogen-bond acceptors (Lipinski definition) is 4. The minimum absolute atomic E-state index is 0.0711. The number of nitrogens with zero attached hydrogens (tertiary/aromatic N) is 2. The van der Waals surface area contributed by atoms with Crippen LogP contribution in [-0.4, -0.2) is 51.6 Å². The number of hydrogen-bond donors (Lipinski definition) is 0. The quantitative estimate of drug-likeness (QED) is 0.740. The average molecular weight is 435 g/mol. The van der Waals surface area contributed by atoms with Crippen molar-refractivity contribution in [3.63, 3.8) is 0 Å². The van der Waals surface area contributed by atoms with Crippen molar-refractivity contribution in [2.45, 2.75) is 9.79 Å². The summed E-state index contributed by atoms with van der Waals surface area (Å²) in [6.07, 6.45) is 0. The molecule has 0 aromatic heterocycles. The van der Waals surface area contributed by atoms with E-state index in [0.29, 0.717) is 10.0 Å². The number of halogens is 2. The summed E-state index contributed by atoms with van der Waals surface area (Å²) in [5, 5.41) is 0.774. The van der Waals surface area contributed by atoms with Gasteiger partial charge in [-0.25, -0.2) is 16.8 Å². The zero-order valence-electron chi connectivity index (χ0n) is 13.5. The van der Waals surface area contributed by atoms with Crippen LogP contribution in [0.15, 0.2) is 58.3 Å². The molecule has 0 bridgehead atoms. The Morgan fingerprint density at radius 3 is 1.65 bits per heavy atom. The van der Waals surface area contributed by atoms with E-state index in [2.05, 4.69) is 0 Å². The van der Waals surface area contributed by atoms with Crippen LogP contribution in [-0.2, 0) is 20.0 Å². The lowest BCUT2D eigenvalue weighted by atomic mass is 10.4. The second-order valence-corrected chi connectivity index (χ2v) is 10.5. The Morgan fingerprint density at radius 2 is 1.15 bits per heavy atom. The highest BCUT2D eigenvalue weighted by molar-refractivity contribution is 7.89. The summed E-state index contributed by atoms with van der Waals surface area (Å²) in [5.74, 6) is 0. The Morgan fingerprint density at radius 1 is 0.654 bits per heavy atom. The maximum Gasteiger partial charge on any atom is 0.243 e. The van der Waals surface area contributed by atoms with Gasteiger partial charge in [-0.3, -0.25) is 0 Å². The van der Waals surface area contributed by atoms with Crippen LogP contribution in [0.2, 0.25) is 10.0 Å². The highest BCUT2D eigenvalue weighted by Gasteiger charge is 2.33. The highest BCUT2D eigenvalue weighted by Crippen LogP contribution is 2.24. The first-order valence-electron chi connectivity index (χ1n) is 7.73. The van der Waals surface area contributed by atoms with Crippen LogP contribution < -0.4 is 0 Å². The molecule has 1 aliphatic rings. The standard InChI is InChI=1S/C16H16Cl2N2O4S2/c17-13-4-6-15(7-5-13)25(21,22)19-8-10-20(11-9-19)26(23,24)16-3-1-2-14(18)12-16/h1-7,12H,8-11H2. The zero-order valence-corrected chi connectivity index (χ0v) is 16.7. The van der Waals surface area contributed by atoms with E-state index in [0.717, 1.165) is 0 Å². The molecule has 0 spiro atoms. The third kappa shape index (κ3) is 3.90. The first-order valence-corrected chi connectivity index (χ1v) is 11.4. The van der Waals surface area contributed by atoms with Gasteiger partial charge in [-0.15, -0.1) is 0 Å². The van der Waals surface area contributed by atoms with E-state index >= 15 is 0 Å². The predicted octanol–water partition coefficient (Wildman–Crippen LogP) is 2.69. The van der Waals surface area contributed by atoms with Crippen LogP contribution in [0.1, 0.15) is 0 Å². The largest absolute Gasteiger partial charge is 0.243 e. The SMILES string of the molecule is O=S(=O)(c1ccc(Cl)cc1)N1CCN(S(=O)(=O)c2cccc(Cl)c2)CC1. The van der Waals surface area contributed by atoms with Gasteiger partial charge in [0.2, 0.25) is 20.0 Å². The van der Waals surface area contributed by atoms with Gasteiger partial charge in [0.25, 0.3) is 0 Å². The molecule has 0 N–H and O–H groups in total. The van der Waals surface area contributed by atoms with Gasteiger partial charge in [0.05, 0.1) is 9.79 Å². The Labute approximate surface area is 163 Å². The highest BCUT2D eigenvalue weighted by atomic mass is 35.5. The molecule has 2 aromatic rings. The van der Waals surface area contributed by atoms with Crippen molar-refractivity contribution >= 4 is 43.2 Å². The molecule has 0 saturated carbocycles. The fourth-order valence-electron chi connectivity index (χ4n) is 2.68. The van der Waals surface area contributed by atoms with E-state index in [1.807, 2.05) is 0 Å². The molecular formula is C16H16Cl2N2O4S2. The van der Waals surface area contributed by atoms with Crippen molar-refractivity contribution in [2.24, 2.45) is 0 Å². The van der Waals surface area contributed by atoms with E-state index in [4.69, 9.17) is 23.2 Å². The Hall–Kier alpha value is -1.16. The van der Waals surface area contributed by atoms with Gasteiger partial charge in [-0.2, -0.15) is 8.61 Å². The average Bonchev–Trinajstić information content (AvgIpc) is 2.62. The van der Waals surface area contributed by atoms with Gasteiger partial charge in [-0.05, 0) is 42.5 Å². The molecule has 2 aromatic carbocycles. The Balaban J connectivity index is 1.75. The Kier molecular flexibility index (Phi) is 5.62. The molecule has 1 aliphatic heterocycles. The smallest absolute Gasteiger partial charge is 0.207 e. The molecule has 1 heterocycles. The molecule has 10 heteroatoms. The molecule has 6 nitrogen and oxygen atoms in total. The lowest BCUT2D eigenvalue weighted by molar-refractivity contribution is 0.273. The topological polar surface area (TPSA) is 74.8 Å². The molecule has 0 radical (unpaired) electrons. The van der Waals surface area contributed by atoms with Crippen molar-refractivity contribution in [1.29, 1.82) is 0 Å². The first kappa shape index (κ1) is 19.6. The second-order valence-electron chi connectivity index (χ2n) is 5.72. The molecular weight excluding hydrogens is 419 g/mol. The van der Waals surface area contributed by atoms with Crippen molar-refractivity contribution in [3.8, 4) is 0 Å². The van der Waals surface area contributed by atoms with E-state index in [9.17, 15) is 16.8 Å². The van der Waals surface area contributed by atoms with Gasteiger partial charge in [0.1, 0.15) is 0 Å². The summed E-state index contributed by atoms with van der Waals surface area (Å²) in [6.45, 7) is 0.291. The molecule has 0 unspecified atom stereocenters. The van der Waals surface area contributed by atoms with Crippen molar-refractivity contribution in [1.82, 2.24) is 8.61 Å². The van der Waals surface area contributed by atoms with Crippen LogP contribution in [0.25, 0.3) is 0 Å². The number of benzene rings is 2. The van der Waals surface area contributed by atoms with Gasteiger partial charge >= 0.3 is 0 Å². The number of sulfonamides is 2. The maximum absolute atomic E-state index is 12.7. The van der Waals surface area contributed by atoms with Gasteiger partial charge in [0, 0.05) is 36.2 Å². The predicted molar refractivity (Wildman–Crippen MR) is 100 cm³/mol. The van der Waals surface area contributed by atoms with E-state index in [1.165, 1.54) is 45.0 Å². The first-order chi connectivity index (χ1) is 12.2. The summed E-state index contributed by atoms with van der Waals surface area (Å²) in [7, 11) is -7.40. The molecule has 1 fully saturated rings. The molecule has 0 atom stereocenters. The van der Waals surface area contributed by atoms with E-state index in [-0.39, 0.29) is 36.0 Å². The molecule has 140 valence electrons. The van der Waals surface area contributed by atoms with E-state index in [1.54, 1.807) is 12.1 Å². The van der Waals surface area contributed by atoms with Crippen LogP contribution in [0.4, 0.5) is 0 Å². The lowest BCUT2D eigenvalue weighted by Crippen LogP contribution is -2.50. The van der Waals surface area contributed by atoms with Crippen LogP contribution in [0.3, 0.4) is 0 Å². The van der Waals surface area contributed by atoms with Crippen LogP contribution in [0, 0.1) is 0 Å². The fourth-order valence-corrected chi connectivity index (χ4v) is 5.95. The molecule has 1 saturated heterocycles. The minimum Gasteiger partial charge on any atom is -0.207 e. The lowest BCUT2D eigenvalue weighted by Gasteiger charge is -2.33. The van der Waals surface area contributed by atoms with Crippen LogP contribution >= 0.6 is 23.2 Å². The fraction of sp³-hybridized carbons (Fsp3) is 0.250. The molecule has 3 rings (SSSR count). The van der Waals surface area contributed by atoms with Crippen molar-refractivity contribution < 1.29 is 16.8 Å². The summed E-state index contributed by atoms with van der Waals surface area (Å²) >= 11 is 11.7. The molecule has 0 aliphatic carbocycles. The van der Waals surface area contributed by atoms with E-state index < -0.39 is 20.0 Å². The third-order valence-corrected chi connectivity index (χ3v) is 8.38. The summed E-state index contributed by atoms with van der Waals surface area (Å²) < 4.78 is 53.3. The summed E-state index contributed by atoms with van der Waals surface area (Å²) in [5.41, 5.74) is 0. The maximum atomic E-state index is 12.7.